The third-order valence-electron chi connectivity index (χ3n) is 6.27. The van der Waals surface area contributed by atoms with Crippen LogP contribution in [-0.2, 0) is 23.9 Å². The maximum absolute atomic E-state index is 12.9. The van der Waals surface area contributed by atoms with E-state index in [0.29, 0.717) is 6.42 Å². The van der Waals surface area contributed by atoms with Crippen molar-refractivity contribution in [3.05, 3.63) is 0 Å². The Bertz CT molecular complexity index is 596. The number of esters is 1. The summed E-state index contributed by atoms with van der Waals surface area (Å²) in [5, 5.41) is 3.19. The van der Waals surface area contributed by atoms with Crippen LogP contribution < -0.4 is 5.32 Å². The van der Waals surface area contributed by atoms with Gasteiger partial charge in [0.1, 0.15) is 5.78 Å². The molecular weight excluding hydrogens is 346 g/mol. The standard InChI is InChI=1S/C21H35NO5/c1-12(10-14(23)11-20(3,4)5)18(24)22-21(13(2)26-6)9-8-15-16(17(15)21)19(25)27-7/h12-13,15-17H,8-11H2,1-7H3,(H,22,24)/t12-,13?,15+,16+,17+,21-/m1/s1. The van der Waals surface area contributed by atoms with E-state index in [0.717, 1.165) is 12.8 Å². The summed E-state index contributed by atoms with van der Waals surface area (Å²) in [7, 11) is 3.02. The van der Waals surface area contributed by atoms with Crippen LogP contribution in [0.3, 0.4) is 0 Å². The zero-order valence-electron chi connectivity index (χ0n) is 17.8. The highest BCUT2D eigenvalue weighted by Gasteiger charge is 2.70. The van der Waals surface area contributed by atoms with Gasteiger partial charge in [-0.2, -0.15) is 0 Å². The Morgan fingerprint density at radius 3 is 2.33 bits per heavy atom. The lowest BCUT2D eigenvalue weighted by Crippen LogP contribution is -2.58. The Balaban J connectivity index is 2.08. The number of carbonyl (C=O) groups is 3. The Morgan fingerprint density at radius 1 is 1.19 bits per heavy atom. The molecule has 0 saturated heterocycles. The molecule has 2 fully saturated rings. The van der Waals surface area contributed by atoms with Crippen LogP contribution >= 0.6 is 0 Å². The molecule has 6 atom stereocenters. The lowest BCUT2D eigenvalue weighted by atomic mass is 9.83. The fourth-order valence-electron chi connectivity index (χ4n) is 4.85. The zero-order chi connectivity index (χ0) is 20.6. The lowest BCUT2D eigenvalue weighted by Gasteiger charge is -2.39. The number of amides is 1. The molecule has 0 aromatic carbocycles. The number of methoxy groups -OCH3 is 2. The summed E-state index contributed by atoms with van der Waals surface area (Å²) in [6.45, 7) is 9.78. The van der Waals surface area contributed by atoms with Crippen molar-refractivity contribution in [2.24, 2.45) is 29.1 Å². The average Bonchev–Trinajstić information content (AvgIpc) is 3.19. The molecule has 0 aromatic heterocycles. The molecule has 27 heavy (non-hydrogen) atoms. The van der Waals surface area contributed by atoms with E-state index in [4.69, 9.17) is 9.47 Å². The number of ether oxygens (including phenoxy) is 2. The summed E-state index contributed by atoms with van der Waals surface area (Å²) in [6.07, 6.45) is 2.12. The van der Waals surface area contributed by atoms with Gasteiger partial charge in [0.15, 0.2) is 0 Å². The third kappa shape index (κ3) is 4.53. The van der Waals surface area contributed by atoms with Gasteiger partial charge in [0.2, 0.25) is 5.91 Å². The molecule has 0 bridgehead atoms. The Kier molecular flexibility index (Phi) is 6.40. The van der Waals surface area contributed by atoms with Crippen molar-refractivity contribution in [2.75, 3.05) is 14.2 Å². The highest BCUT2D eigenvalue weighted by molar-refractivity contribution is 5.87. The van der Waals surface area contributed by atoms with Gasteiger partial charge in [0, 0.05) is 31.8 Å². The van der Waals surface area contributed by atoms with Gasteiger partial charge in [-0.25, -0.2) is 0 Å². The van der Waals surface area contributed by atoms with Crippen molar-refractivity contribution in [2.45, 2.75) is 71.9 Å². The number of rotatable bonds is 8. The molecule has 6 heteroatoms. The van der Waals surface area contributed by atoms with E-state index in [9.17, 15) is 14.4 Å². The molecule has 154 valence electrons. The van der Waals surface area contributed by atoms with E-state index in [1.54, 1.807) is 14.0 Å². The second-order valence-corrected chi connectivity index (χ2v) is 9.57. The van der Waals surface area contributed by atoms with Crippen LogP contribution in [0.15, 0.2) is 0 Å². The molecule has 1 unspecified atom stereocenters. The quantitative estimate of drug-likeness (QED) is 0.654. The minimum absolute atomic E-state index is 0.0429. The summed E-state index contributed by atoms with van der Waals surface area (Å²) >= 11 is 0. The van der Waals surface area contributed by atoms with E-state index in [1.807, 2.05) is 27.7 Å². The van der Waals surface area contributed by atoms with E-state index in [1.165, 1.54) is 7.11 Å². The molecule has 0 aliphatic heterocycles. The van der Waals surface area contributed by atoms with Crippen LogP contribution in [0, 0.1) is 29.1 Å². The molecule has 2 saturated carbocycles. The van der Waals surface area contributed by atoms with Crippen LogP contribution in [-0.4, -0.2) is 43.5 Å². The number of hydrogen-bond acceptors (Lipinski definition) is 5. The van der Waals surface area contributed by atoms with Crippen LogP contribution in [0.4, 0.5) is 0 Å². The molecule has 6 nitrogen and oxygen atoms in total. The number of nitrogens with one attached hydrogen (secondary N) is 1. The van der Waals surface area contributed by atoms with Gasteiger partial charge in [0.25, 0.3) is 0 Å². The number of carbonyl (C=O) groups excluding carboxylic acids is 3. The van der Waals surface area contributed by atoms with Gasteiger partial charge in [-0.05, 0) is 31.1 Å². The maximum Gasteiger partial charge on any atom is 0.309 e. The first-order chi connectivity index (χ1) is 12.5. The summed E-state index contributed by atoms with van der Waals surface area (Å²) in [4.78, 5) is 37.2. The Hall–Kier alpha value is -1.43. The first-order valence-corrected chi connectivity index (χ1v) is 9.91. The molecule has 2 rings (SSSR count). The topological polar surface area (TPSA) is 81.7 Å². The smallest absolute Gasteiger partial charge is 0.309 e. The van der Waals surface area contributed by atoms with Crippen molar-refractivity contribution in [3.8, 4) is 0 Å². The van der Waals surface area contributed by atoms with Crippen LogP contribution in [0.1, 0.15) is 60.3 Å². The highest BCUT2D eigenvalue weighted by Crippen LogP contribution is 2.63. The molecule has 0 spiro atoms. The first-order valence-electron chi connectivity index (χ1n) is 9.91. The number of hydrogen-bond donors (Lipinski definition) is 1. The van der Waals surface area contributed by atoms with Crippen molar-refractivity contribution < 1.29 is 23.9 Å². The summed E-state index contributed by atoms with van der Waals surface area (Å²) in [6, 6.07) is 0. The summed E-state index contributed by atoms with van der Waals surface area (Å²) < 4.78 is 10.5. The fraction of sp³-hybridized carbons (Fsp3) is 0.857. The molecule has 1 N–H and O–H groups in total. The lowest BCUT2D eigenvalue weighted by molar-refractivity contribution is -0.144. The minimum atomic E-state index is -0.573. The predicted octanol–water partition coefficient (Wildman–Crippen LogP) is 2.74. The van der Waals surface area contributed by atoms with Gasteiger partial charge in [0.05, 0.1) is 24.7 Å². The van der Waals surface area contributed by atoms with Crippen LogP contribution in [0.2, 0.25) is 0 Å². The predicted molar refractivity (Wildman–Crippen MR) is 102 cm³/mol. The average molecular weight is 382 g/mol. The second-order valence-electron chi connectivity index (χ2n) is 9.57. The number of ketones is 1. The van der Waals surface area contributed by atoms with Crippen molar-refractivity contribution >= 4 is 17.7 Å². The molecule has 0 radical (unpaired) electrons. The molecule has 0 heterocycles. The number of Topliss-reactive ketones (excluding diaryl/α,β-unsaturated/α-hetero) is 1. The van der Waals surface area contributed by atoms with Crippen molar-refractivity contribution in [1.82, 2.24) is 5.32 Å². The zero-order valence-corrected chi connectivity index (χ0v) is 17.8. The van der Waals surface area contributed by atoms with E-state index in [2.05, 4.69) is 5.32 Å². The highest BCUT2D eigenvalue weighted by atomic mass is 16.5. The van der Waals surface area contributed by atoms with E-state index >= 15 is 0 Å². The normalized spacial score (nSPS) is 31.6. The van der Waals surface area contributed by atoms with Gasteiger partial charge >= 0.3 is 5.97 Å². The fourth-order valence-corrected chi connectivity index (χ4v) is 4.85. The minimum Gasteiger partial charge on any atom is -0.469 e. The Morgan fingerprint density at radius 2 is 1.81 bits per heavy atom. The molecule has 2 aliphatic carbocycles. The van der Waals surface area contributed by atoms with E-state index in [-0.39, 0.29) is 53.4 Å². The SMILES string of the molecule is COC(=O)[C@H]1[C@@H]2CC[C@@](NC(=O)[C@H](C)CC(=O)CC(C)(C)C)(C(C)OC)[C@@H]21. The molecule has 0 aromatic rings. The summed E-state index contributed by atoms with van der Waals surface area (Å²) in [5.74, 6) is -0.538. The molecular formula is C21H35NO5. The monoisotopic (exact) mass is 381 g/mol. The van der Waals surface area contributed by atoms with Crippen molar-refractivity contribution in [1.29, 1.82) is 0 Å². The van der Waals surface area contributed by atoms with E-state index < -0.39 is 11.5 Å². The Labute approximate surface area is 162 Å². The molecule has 1 amide bonds. The van der Waals surface area contributed by atoms with Gasteiger partial charge in [-0.3, -0.25) is 14.4 Å². The van der Waals surface area contributed by atoms with Crippen LogP contribution in [0.5, 0.6) is 0 Å². The molecule has 2 aliphatic rings. The van der Waals surface area contributed by atoms with Crippen molar-refractivity contribution in [3.63, 3.8) is 0 Å². The first kappa shape index (κ1) is 21.9. The second kappa shape index (κ2) is 7.90. The summed E-state index contributed by atoms with van der Waals surface area (Å²) in [5.41, 5.74) is -0.657. The van der Waals surface area contributed by atoms with Gasteiger partial charge in [-0.15, -0.1) is 0 Å². The maximum atomic E-state index is 12.9. The van der Waals surface area contributed by atoms with Gasteiger partial charge < -0.3 is 14.8 Å². The number of fused-ring (bicyclic) bond motifs is 1. The van der Waals surface area contributed by atoms with Gasteiger partial charge in [-0.1, -0.05) is 27.7 Å². The third-order valence-corrected chi connectivity index (χ3v) is 6.27. The largest absolute Gasteiger partial charge is 0.469 e. The van der Waals surface area contributed by atoms with Crippen LogP contribution in [0.25, 0.3) is 0 Å².